The minimum atomic E-state index is 0.175. The number of piperidine rings is 1. The van der Waals surface area contributed by atoms with Crippen molar-refractivity contribution in [3.05, 3.63) is 53.7 Å². The number of aromatic nitrogens is 4. The van der Waals surface area contributed by atoms with Crippen molar-refractivity contribution in [1.82, 2.24) is 19.9 Å². The summed E-state index contributed by atoms with van der Waals surface area (Å²) in [4.78, 5) is 20.2. The number of ether oxygens (including phenoxy) is 1. The molecule has 0 spiro atoms. The second-order valence-corrected chi connectivity index (χ2v) is 6.82. The van der Waals surface area contributed by atoms with Gasteiger partial charge < -0.3 is 9.64 Å². The fraction of sp³-hybridized carbons (Fsp3) is 0.400. The molecule has 0 aromatic carbocycles. The first-order chi connectivity index (χ1) is 12.7. The first kappa shape index (κ1) is 16.8. The number of hydrogen-bond acceptors (Lipinski definition) is 6. The zero-order valence-corrected chi connectivity index (χ0v) is 15.2. The van der Waals surface area contributed by atoms with E-state index in [9.17, 15) is 0 Å². The van der Waals surface area contributed by atoms with Crippen LogP contribution in [-0.2, 0) is 11.3 Å². The first-order valence-corrected chi connectivity index (χ1v) is 9.06. The Morgan fingerprint density at radius 3 is 2.96 bits per heavy atom. The quantitative estimate of drug-likeness (QED) is 0.721. The molecule has 6 heteroatoms. The number of rotatable bonds is 4. The molecule has 1 aliphatic rings. The van der Waals surface area contributed by atoms with E-state index in [0.717, 1.165) is 54.2 Å². The maximum atomic E-state index is 6.12. The highest BCUT2D eigenvalue weighted by molar-refractivity contribution is 5.90. The Hall–Kier alpha value is -2.60. The van der Waals surface area contributed by atoms with Gasteiger partial charge >= 0.3 is 0 Å². The van der Waals surface area contributed by atoms with Crippen LogP contribution in [0.3, 0.4) is 0 Å². The Kier molecular flexibility index (Phi) is 4.75. The van der Waals surface area contributed by atoms with E-state index in [2.05, 4.69) is 37.8 Å². The lowest BCUT2D eigenvalue weighted by Gasteiger charge is -2.34. The van der Waals surface area contributed by atoms with Gasteiger partial charge in [0.1, 0.15) is 12.1 Å². The minimum absolute atomic E-state index is 0.175. The summed E-state index contributed by atoms with van der Waals surface area (Å²) >= 11 is 0. The lowest BCUT2D eigenvalue weighted by atomic mass is 10.1. The lowest BCUT2D eigenvalue weighted by Crippen LogP contribution is -2.40. The highest BCUT2D eigenvalue weighted by atomic mass is 16.5. The van der Waals surface area contributed by atoms with Gasteiger partial charge in [-0.3, -0.25) is 4.98 Å². The van der Waals surface area contributed by atoms with Gasteiger partial charge in [0.15, 0.2) is 5.65 Å². The van der Waals surface area contributed by atoms with E-state index in [-0.39, 0.29) is 6.10 Å². The van der Waals surface area contributed by atoms with Gasteiger partial charge in [0.2, 0.25) is 0 Å². The van der Waals surface area contributed by atoms with Crippen LogP contribution in [0.2, 0.25) is 0 Å². The maximum Gasteiger partial charge on any atom is 0.165 e. The molecule has 0 bridgehead atoms. The number of hydrogen-bond donors (Lipinski definition) is 0. The highest BCUT2D eigenvalue weighted by Crippen LogP contribution is 2.28. The van der Waals surface area contributed by atoms with Gasteiger partial charge in [-0.05, 0) is 50.5 Å². The van der Waals surface area contributed by atoms with Crippen molar-refractivity contribution in [3.63, 3.8) is 0 Å². The van der Waals surface area contributed by atoms with Gasteiger partial charge in [-0.1, -0.05) is 6.07 Å². The molecule has 134 valence electrons. The van der Waals surface area contributed by atoms with Crippen LogP contribution in [0.1, 0.15) is 29.8 Å². The molecule has 3 aromatic heterocycles. The molecule has 1 unspecified atom stereocenters. The molecule has 6 nitrogen and oxygen atoms in total. The summed E-state index contributed by atoms with van der Waals surface area (Å²) in [5.74, 6) is 0.964. The fourth-order valence-corrected chi connectivity index (χ4v) is 3.58. The van der Waals surface area contributed by atoms with Crippen molar-refractivity contribution in [3.8, 4) is 0 Å². The molecule has 0 radical (unpaired) electrons. The molecule has 0 amide bonds. The molecule has 1 aliphatic heterocycles. The predicted octanol–water partition coefficient (Wildman–Crippen LogP) is 3.22. The third-order valence-corrected chi connectivity index (χ3v) is 4.78. The van der Waals surface area contributed by atoms with Crippen molar-refractivity contribution in [1.29, 1.82) is 0 Å². The average molecular weight is 349 g/mol. The fourth-order valence-electron chi connectivity index (χ4n) is 3.58. The molecule has 4 rings (SSSR count). The third kappa shape index (κ3) is 3.51. The zero-order chi connectivity index (χ0) is 17.9. The molecule has 4 heterocycles. The molecular weight excluding hydrogens is 326 g/mol. The number of pyridine rings is 2. The topological polar surface area (TPSA) is 64.0 Å². The number of fused-ring (bicyclic) bond motifs is 1. The van der Waals surface area contributed by atoms with Crippen molar-refractivity contribution in [2.24, 2.45) is 0 Å². The van der Waals surface area contributed by atoms with Gasteiger partial charge in [0.25, 0.3) is 0 Å². The van der Waals surface area contributed by atoms with E-state index in [4.69, 9.17) is 4.74 Å². The monoisotopic (exact) mass is 349 g/mol. The van der Waals surface area contributed by atoms with Gasteiger partial charge in [-0.25, -0.2) is 15.0 Å². The van der Waals surface area contributed by atoms with Gasteiger partial charge in [0, 0.05) is 25.0 Å². The molecule has 0 N–H and O–H groups in total. The molecule has 0 saturated carbocycles. The smallest absolute Gasteiger partial charge is 0.165 e. The van der Waals surface area contributed by atoms with Crippen molar-refractivity contribution < 1.29 is 4.74 Å². The summed E-state index contributed by atoms with van der Waals surface area (Å²) in [6.07, 6.45) is 5.73. The van der Waals surface area contributed by atoms with E-state index in [1.165, 1.54) is 5.56 Å². The Morgan fingerprint density at radius 1 is 1.19 bits per heavy atom. The minimum Gasteiger partial charge on any atom is -0.370 e. The lowest BCUT2D eigenvalue weighted by molar-refractivity contribution is 0.0297. The summed E-state index contributed by atoms with van der Waals surface area (Å²) < 4.78 is 6.12. The van der Waals surface area contributed by atoms with E-state index < -0.39 is 0 Å². The standard InChI is InChI=1S/C20H23N5O/c1-14-10-15(2)24-19-18(14)20(23-13-22-19)25-9-5-7-17(11-25)26-12-16-6-3-4-8-21-16/h3-4,6,8,10,13,17H,5,7,9,11-12H2,1-2H3. The van der Waals surface area contributed by atoms with Crippen molar-refractivity contribution >= 4 is 16.9 Å². The second-order valence-electron chi connectivity index (χ2n) is 6.82. The maximum absolute atomic E-state index is 6.12. The Balaban J connectivity index is 1.54. The highest BCUT2D eigenvalue weighted by Gasteiger charge is 2.24. The normalized spacial score (nSPS) is 17.6. The summed E-state index contributed by atoms with van der Waals surface area (Å²) in [6, 6.07) is 8.00. The van der Waals surface area contributed by atoms with E-state index in [1.54, 1.807) is 12.5 Å². The van der Waals surface area contributed by atoms with Crippen LogP contribution >= 0.6 is 0 Å². The summed E-state index contributed by atoms with van der Waals surface area (Å²) in [5.41, 5.74) is 3.88. The van der Waals surface area contributed by atoms with Crippen LogP contribution in [-0.4, -0.2) is 39.1 Å². The average Bonchev–Trinajstić information content (AvgIpc) is 2.67. The van der Waals surface area contributed by atoms with Gasteiger partial charge in [0.05, 0.1) is 23.8 Å². The Morgan fingerprint density at radius 2 is 2.12 bits per heavy atom. The summed E-state index contributed by atoms with van der Waals surface area (Å²) in [7, 11) is 0. The summed E-state index contributed by atoms with van der Waals surface area (Å²) in [6.45, 7) is 6.44. The van der Waals surface area contributed by atoms with E-state index in [0.29, 0.717) is 6.61 Å². The molecule has 1 fully saturated rings. The molecule has 26 heavy (non-hydrogen) atoms. The molecule has 0 aliphatic carbocycles. The number of anilines is 1. The van der Waals surface area contributed by atoms with E-state index >= 15 is 0 Å². The predicted molar refractivity (Wildman–Crippen MR) is 101 cm³/mol. The van der Waals surface area contributed by atoms with Crippen LogP contribution in [0, 0.1) is 13.8 Å². The third-order valence-electron chi connectivity index (χ3n) is 4.78. The number of aryl methyl sites for hydroxylation is 2. The second kappa shape index (κ2) is 7.33. The van der Waals surface area contributed by atoms with Crippen molar-refractivity contribution in [2.75, 3.05) is 18.0 Å². The van der Waals surface area contributed by atoms with Crippen LogP contribution < -0.4 is 4.90 Å². The Labute approximate surface area is 153 Å². The summed E-state index contributed by atoms with van der Waals surface area (Å²) in [5, 5.41) is 1.04. The van der Waals surface area contributed by atoms with E-state index in [1.807, 2.05) is 25.1 Å². The van der Waals surface area contributed by atoms with Crippen LogP contribution in [0.15, 0.2) is 36.8 Å². The zero-order valence-electron chi connectivity index (χ0n) is 15.2. The first-order valence-electron chi connectivity index (χ1n) is 9.06. The molecule has 1 saturated heterocycles. The van der Waals surface area contributed by atoms with Crippen LogP contribution in [0.5, 0.6) is 0 Å². The van der Waals surface area contributed by atoms with Crippen molar-refractivity contribution in [2.45, 2.75) is 39.4 Å². The molecular formula is C20H23N5O. The Bertz CT molecular complexity index is 899. The van der Waals surface area contributed by atoms with Gasteiger partial charge in [-0.2, -0.15) is 0 Å². The SMILES string of the molecule is Cc1cc(C)c2c(N3CCCC(OCc4ccccn4)C3)ncnc2n1. The van der Waals surface area contributed by atoms with Gasteiger partial charge in [-0.15, -0.1) is 0 Å². The van der Waals surface area contributed by atoms with Crippen LogP contribution in [0.25, 0.3) is 11.0 Å². The van der Waals surface area contributed by atoms with Crippen LogP contribution in [0.4, 0.5) is 5.82 Å². The molecule has 3 aromatic rings. The number of nitrogens with zero attached hydrogens (tertiary/aromatic N) is 5. The largest absolute Gasteiger partial charge is 0.370 e. The molecule has 1 atom stereocenters.